The van der Waals surface area contributed by atoms with E-state index in [9.17, 15) is 4.79 Å². The number of aryl methyl sites for hydroxylation is 2. The van der Waals surface area contributed by atoms with Gasteiger partial charge in [-0.1, -0.05) is 25.6 Å². The van der Waals surface area contributed by atoms with Gasteiger partial charge in [-0.3, -0.25) is 4.79 Å². The van der Waals surface area contributed by atoms with E-state index in [1.54, 1.807) is 23.1 Å². The van der Waals surface area contributed by atoms with E-state index in [2.05, 4.69) is 46.4 Å². The molecule has 1 amide bonds. The molecule has 0 bridgehead atoms. The van der Waals surface area contributed by atoms with Crippen LogP contribution in [0.4, 0.5) is 0 Å². The van der Waals surface area contributed by atoms with Crippen molar-refractivity contribution in [1.29, 1.82) is 0 Å². The van der Waals surface area contributed by atoms with E-state index in [0.717, 1.165) is 33.9 Å². The number of amides is 1. The monoisotopic (exact) mass is 391 g/mol. The SMILES string of the molecule is Cc1sc2nc(C(C)C)nc(SCC(=O)N3[C@H](C)CCC[C@@H]3C)c2c1C. The summed E-state index contributed by atoms with van der Waals surface area (Å²) >= 11 is 3.31. The predicted octanol–water partition coefficient (Wildman–Crippen LogP) is 5.31. The van der Waals surface area contributed by atoms with Crippen molar-refractivity contribution >= 4 is 39.2 Å². The molecular formula is C20H29N3OS2. The molecule has 142 valence electrons. The number of thiophene rings is 1. The Morgan fingerprint density at radius 1 is 1.23 bits per heavy atom. The number of hydrogen-bond donors (Lipinski definition) is 0. The maximum absolute atomic E-state index is 12.9. The van der Waals surface area contributed by atoms with Gasteiger partial charge in [-0.15, -0.1) is 11.3 Å². The minimum atomic E-state index is 0.233. The topological polar surface area (TPSA) is 46.1 Å². The molecule has 0 N–H and O–H groups in total. The fourth-order valence-corrected chi connectivity index (χ4v) is 5.77. The van der Waals surface area contributed by atoms with E-state index >= 15 is 0 Å². The third kappa shape index (κ3) is 3.77. The van der Waals surface area contributed by atoms with Crippen molar-refractivity contribution in [3.63, 3.8) is 0 Å². The molecule has 1 fully saturated rings. The summed E-state index contributed by atoms with van der Waals surface area (Å²) in [6.07, 6.45) is 3.44. The number of hydrogen-bond acceptors (Lipinski definition) is 5. The zero-order chi connectivity index (χ0) is 19.0. The summed E-state index contributed by atoms with van der Waals surface area (Å²) in [7, 11) is 0. The average Bonchev–Trinajstić information content (AvgIpc) is 2.87. The van der Waals surface area contributed by atoms with E-state index in [-0.39, 0.29) is 11.8 Å². The van der Waals surface area contributed by atoms with Crippen LogP contribution in [0.15, 0.2) is 5.03 Å². The predicted molar refractivity (Wildman–Crippen MR) is 111 cm³/mol. The number of thioether (sulfide) groups is 1. The Labute approximate surface area is 164 Å². The van der Waals surface area contributed by atoms with Crippen molar-refractivity contribution in [3.8, 4) is 0 Å². The van der Waals surface area contributed by atoms with Gasteiger partial charge in [0, 0.05) is 28.3 Å². The van der Waals surface area contributed by atoms with E-state index in [0.29, 0.717) is 17.8 Å². The van der Waals surface area contributed by atoms with Crippen LogP contribution in [-0.4, -0.2) is 38.6 Å². The van der Waals surface area contributed by atoms with Crippen LogP contribution in [0, 0.1) is 13.8 Å². The van der Waals surface area contributed by atoms with Crippen molar-refractivity contribution in [2.24, 2.45) is 0 Å². The molecule has 1 saturated heterocycles. The molecule has 3 rings (SSSR count). The standard InChI is InChI=1S/C20H29N3OS2/c1-11(2)18-21-19(17-14(5)15(6)26-20(17)22-18)25-10-16(24)23-12(3)8-7-9-13(23)4/h11-13H,7-10H2,1-6H3/t12-,13+. The first kappa shape index (κ1) is 19.6. The lowest BCUT2D eigenvalue weighted by molar-refractivity contribution is -0.134. The summed E-state index contributed by atoms with van der Waals surface area (Å²) in [6, 6.07) is 0.683. The number of piperidine rings is 1. The maximum Gasteiger partial charge on any atom is 0.233 e. The van der Waals surface area contributed by atoms with Crippen LogP contribution in [0.3, 0.4) is 0 Å². The number of aromatic nitrogens is 2. The Morgan fingerprint density at radius 3 is 2.50 bits per heavy atom. The van der Waals surface area contributed by atoms with Crippen molar-refractivity contribution < 1.29 is 4.79 Å². The van der Waals surface area contributed by atoms with Crippen LogP contribution in [0.2, 0.25) is 0 Å². The van der Waals surface area contributed by atoms with E-state index in [1.165, 1.54) is 16.9 Å². The molecule has 0 unspecified atom stereocenters. The Balaban J connectivity index is 1.87. The third-order valence-electron chi connectivity index (χ3n) is 5.34. The van der Waals surface area contributed by atoms with Crippen molar-refractivity contribution in [2.75, 3.05) is 5.75 Å². The smallest absolute Gasteiger partial charge is 0.233 e. The first-order valence-electron chi connectivity index (χ1n) is 9.51. The molecule has 4 nitrogen and oxygen atoms in total. The van der Waals surface area contributed by atoms with Gasteiger partial charge in [0.15, 0.2) is 0 Å². The number of likely N-dealkylation sites (tertiary alicyclic amines) is 1. The zero-order valence-corrected chi connectivity index (χ0v) is 18.3. The molecule has 6 heteroatoms. The summed E-state index contributed by atoms with van der Waals surface area (Å²) in [6.45, 7) is 12.8. The normalized spacial score (nSPS) is 21.0. The number of nitrogens with zero attached hydrogens (tertiary/aromatic N) is 3. The van der Waals surface area contributed by atoms with E-state index in [1.807, 2.05) is 0 Å². The van der Waals surface area contributed by atoms with Crippen molar-refractivity contribution in [2.45, 2.75) is 83.8 Å². The van der Waals surface area contributed by atoms with E-state index < -0.39 is 0 Å². The summed E-state index contributed by atoms with van der Waals surface area (Å²) < 4.78 is 0. The second-order valence-electron chi connectivity index (χ2n) is 7.72. The molecular weight excluding hydrogens is 362 g/mol. The highest BCUT2D eigenvalue weighted by Gasteiger charge is 2.29. The molecule has 0 saturated carbocycles. The minimum Gasteiger partial charge on any atom is -0.337 e. The van der Waals surface area contributed by atoms with Crippen molar-refractivity contribution in [1.82, 2.24) is 14.9 Å². The van der Waals surface area contributed by atoms with Gasteiger partial charge in [-0.05, 0) is 52.5 Å². The Hall–Kier alpha value is -1.14. The van der Waals surface area contributed by atoms with Crippen LogP contribution >= 0.6 is 23.1 Å². The van der Waals surface area contributed by atoms with Gasteiger partial charge in [0.25, 0.3) is 0 Å². The quantitative estimate of drug-likeness (QED) is 0.523. The van der Waals surface area contributed by atoms with Gasteiger partial charge in [0.1, 0.15) is 15.7 Å². The summed E-state index contributed by atoms with van der Waals surface area (Å²) in [5.74, 6) is 1.83. The van der Waals surface area contributed by atoms with Crippen LogP contribution in [0.1, 0.15) is 69.1 Å². The summed E-state index contributed by atoms with van der Waals surface area (Å²) in [5.41, 5.74) is 1.25. The lowest BCUT2D eigenvalue weighted by Gasteiger charge is -2.39. The molecule has 0 aliphatic carbocycles. The Bertz CT molecular complexity index is 805. The van der Waals surface area contributed by atoms with Gasteiger partial charge in [-0.2, -0.15) is 0 Å². The summed E-state index contributed by atoms with van der Waals surface area (Å²) in [4.78, 5) is 26.9. The largest absolute Gasteiger partial charge is 0.337 e. The highest BCUT2D eigenvalue weighted by atomic mass is 32.2. The number of carbonyl (C=O) groups excluding carboxylic acids is 1. The van der Waals surface area contributed by atoms with Gasteiger partial charge >= 0.3 is 0 Å². The molecule has 2 aromatic rings. The molecule has 0 spiro atoms. The van der Waals surface area contributed by atoms with Crippen molar-refractivity contribution in [3.05, 3.63) is 16.3 Å². The number of fused-ring (bicyclic) bond motifs is 1. The molecule has 1 aliphatic heterocycles. The number of rotatable bonds is 4. The fraction of sp³-hybridized carbons (Fsp3) is 0.650. The van der Waals surface area contributed by atoms with Crippen LogP contribution in [-0.2, 0) is 4.79 Å². The summed E-state index contributed by atoms with van der Waals surface area (Å²) in [5, 5.41) is 2.10. The second kappa shape index (κ2) is 7.85. The lowest BCUT2D eigenvalue weighted by atomic mass is 9.98. The molecule has 2 aromatic heterocycles. The number of carbonyl (C=O) groups is 1. The molecule has 0 radical (unpaired) electrons. The molecule has 2 atom stereocenters. The molecule has 3 heterocycles. The average molecular weight is 392 g/mol. The first-order chi connectivity index (χ1) is 12.3. The Kier molecular flexibility index (Phi) is 5.92. The lowest BCUT2D eigenvalue weighted by Crippen LogP contribution is -2.48. The highest BCUT2D eigenvalue weighted by Crippen LogP contribution is 2.36. The van der Waals surface area contributed by atoms with Gasteiger partial charge in [0.05, 0.1) is 5.75 Å². The maximum atomic E-state index is 12.9. The van der Waals surface area contributed by atoms with Crippen LogP contribution in [0.5, 0.6) is 0 Å². The van der Waals surface area contributed by atoms with Gasteiger partial charge in [-0.25, -0.2) is 9.97 Å². The van der Waals surface area contributed by atoms with Gasteiger partial charge < -0.3 is 4.90 Å². The minimum absolute atomic E-state index is 0.233. The third-order valence-corrected chi connectivity index (χ3v) is 7.40. The first-order valence-corrected chi connectivity index (χ1v) is 11.3. The molecule has 1 aliphatic rings. The van der Waals surface area contributed by atoms with Crippen LogP contribution < -0.4 is 0 Å². The Morgan fingerprint density at radius 2 is 1.88 bits per heavy atom. The van der Waals surface area contributed by atoms with Crippen LogP contribution in [0.25, 0.3) is 10.2 Å². The second-order valence-corrected chi connectivity index (χ2v) is 9.89. The zero-order valence-electron chi connectivity index (χ0n) is 16.6. The molecule has 26 heavy (non-hydrogen) atoms. The fourth-order valence-electron chi connectivity index (χ4n) is 3.71. The van der Waals surface area contributed by atoms with E-state index in [4.69, 9.17) is 9.97 Å². The van der Waals surface area contributed by atoms with Gasteiger partial charge in [0.2, 0.25) is 5.91 Å². The highest BCUT2D eigenvalue weighted by molar-refractivity contribution is 8.00. The molecule has 0 aromatic carbocycles.